The Kier molecular flexibility index (Phi) is 11.8. The van der Waals surface area contributed by atoms with E-state index in [0.717, 1.165) is 5.56 Å². The Labute approximate surface area is 201 Å². The van der Waals surface area contributed by atoms with Crippen molar-refractivity contribution in [1.82, 2.24) is 0 Å². The highest BCUT2D eigenvalue weighted by Gasteiger charge is 2.44. The topological polar surface area (TPSA) is 83.8 Å². The predicted molar refractivity (Wildman–Crippen MR) is 127 cm³/mol. The van der Waals surface area contributed by atoms with E-state index >= 15 is 0 Å². The van der Waals surface area contributed by atoms with Crippen molar-refractivity contribution < 1.29 is 33.3 Å². The van der Waals surface area contributed by atoms with Crippen LogP contribution in [0.3, 0.4) is 0 Å². The zero-order valence-corrected chi connectivity index (χ0v) is 20.0. The average molecular weight is 481 g/mol. The molecular weight excluding hydrogens is 442 g/mol. The Balaban J connectivity index is 2.01. The first-order valence-electron chi connectivity index (χ1n) is 12.4. The normalized spacial score (nSPS) is 22.9. The second kappa shape index (κ2) is 14.3. The van der Waals surface area contributed by atoms with Crippen LogP contribution in [-0.2, 0) is 20.9 Å². The van der Waals surface area contributed by atoms with Crippen molar-refractivity contribution in [1.29, 1.82) is 0 Å². The van der Waals surface area contributed by atoms with Gasteiger partial charge in [0, 0.05) is 25.7 Å². The summed E-state index contributed by atoms with van der Waals surface area (Å²) in [6, 6.07) is 9.61. The molecule has 5 nitrogen and oxygen atoms in total. The number of ketones is 1. The zero-order valence-electron chi connectivity index (χ0n) is 20.0. The molecule has 2 rings (SSSR count). The number of halogens is 2. The number of carbonyl (C=O) groups is 2. The standard InChI is InChI=1S/C27H38F2O5/c1-2-3-17-27(28,29)25(31)16-15-22-21(13-9-4-5-10-14-26(32)33)23(30)18-24(22)34-19-20-11-7-6-8-12-20/h4,6-9,11-12,21-24,30H,2-3,5,10,13-19H2,1H3,(H,32,33)/t21-,22-,23+,24-/m1/s1. The zero-order chi connectivity index (χ0) is 25.0. The lowest BCUT2D eigenvalue weighted by Crippen LogP contribution is -2.31. The number of aliphatic hydroxyl groups excluding tert-OH is 1. The molecule has 1 aromatic rings. The Morgan fingerprint density at radius 2 is 1.85 bits per heavy atom. The molecule has 7 heteroatoms. The molecule has 1 aliphatic rings. The highest BCUT2D eigenvalue weighted by atomic mass is 19.3. The number of Topliss-reactive ketones (excluding diaryl/α,β-unsaturated/α-hetero) is 1. The molecule has 1 fully saturated rings. The van der Waals surface area contributed by atoms with E-state index in [1.54, 1.807) is 0 Å². The molecule has 0 heterocycles. The molecule has 2 N–H and O–H groups in total. The van der Waals surface area contributed by atoms with Gasteiger partial charge in [0.15, 0.2) is 0 Å². The van der Waals surface area contributed by atoms with Crippen LogP contribution < -0.4 is 0 Å². The van der Waals surface area contributed by atoms with Gasteiger partial charge in [-0.3, -0.25) is 9.59 Å². The van der Waals surface area contributed by atoms with Crippen molar-refractivity contribution >= 4 is 11.8 Å². The molecular formula is C27H38F2O5. The third kappa shape index (κ3) is 9.26. The van der Waals surface area contributed by atoms with Crippen LogP contribution in [0, 0.1) is 11.8 Å². The monoisotopic (exact) mass is 480 g/mol. The second-order valence-electron chi connectivity index (χ2n) is 9.23. The number of hydrogen-bond donors (Lipinski definition) is 2. The van der Waals surface area contributed by atoms with Gasteiger partial charge in [-0.15, -0.1) is 0 Å². The van der Waals surface area contributed by atoms with Gasteiger partial charge < -0.3 is 14.9 Å². The van der Waals surface area contributed by atoms with E-state index in [1.807, 2.05) is 49.4 Å². The van der Waals surface area contributed by atoms with Crippen LogP contribution >= 0.6 is 0 Å². The van der Waals surface area contributed by atoms with Crippen LogP contribution in [0.25, 0.3) is 0 Å². The number of alkyl halides is 2. The van der Waals surface area contributed by atoms with Crippen molar-refractivity contribution in [3.8, 4) is 0 Å². The molecule has 1 aliphatic carbocycles. The Morgan fingerprint density at radius 1 is 1.12 bits per heavy atom. The van der Waals surface area contributed by atoms with Crippen molar-refractivity contribution in [2.24, 2.45) is 11.8 Å². The van der Waals surface area contributed by atoms with Crippen molar-refractivity contribution in [3.05, 3.63) is 48.0 Å². The van der Waals surface area contributed by atoms with E-state index in [2.05, 4.69) is 0 Å². The molecule has 0 amide bonds. The predicted octanol–water partition coefficient (Wildman–Crippen LogP) is 5.94. The largest absolute Gasteiger partial charge is 0.481 e. The van der Waals surface area contributed by atoms with E-state index in [0.29, 0.717) is 45.1 Å². The molecule has 0 radical (unpaired) electrons. The van der Waals surface area contributed by atoms with Crippen molar-refractivity contribution in [2.75, 3.05) is 0 Å². The summed E-state index contributed by atoms with van der Waals surface area (Å²) in [5.74, 6) is -5.60. The fourth-order valence-corrected chi connectivity index (χ4v) is 4.61. The van der Waals surface area contributed by atoms with Crippen LogP contribution in [0.2, 0.25) is 0 Å². The minimum absolute atomic E-state index is 0.1000. The van der Waals surface area contributed by atoms with Gasteiger partial charge in [-0.25, -0.2) is 0 Å². The number of carbonyl (C=O) groups excluding carboxylic acids is 1. The maximum atomic E-state index is 14.2. The van der Waals surface area contributed by atoms with Crippen LogP contribution in [0.5, 0.6) is 0 Å². The number of carboxylic acid groups (broad SMARTS) is 1. The van der Waals surface area contributed by atoms with Crippen LogP contribution in [0.15, 0.2) is 42.5 Å². The van der Waals surface area contributed by atoms with E-state index in [-0.39, 0.29) is 37.2 Å². The number of hydrogen-bond acceptors (Lipinski definition) is 4. The first-order chi connectivity index (χ1) is 16.2. The van der Waals surface area contributed by atoms with Gasteiger partial charge in [0.1, 0.15) is 0 Å². The second-order valence-corrected chi connectivity index (χ2v) is 9.23. The van der Waals surface area contributed by atoms with Gasteiger partial charge in [-0.2, -0.15) is 8.78 Å². The number of ether oxygens (including phenoxy) is 1. The fourth-order valence-electron chi connectivity index (χ4n) is 4.61. The lowest BCUT2D eigenvalue weighted by atomic mass is 9.85. The summed E-state index contributed by atoms with van der Waals surface area (Å²) in [5.41, 5.74) is 0.986. The molecule has 1 saturated carbocycles. The van der Waals surface area contributed by atoms with E-state index in [4.69, 9.17) is 9.84 Å². The molecule has 190 valence electrons. The highest BCUT2D eigenvalue weighted by molar-refractivity contribution is 5.85. The first-order valence-corrected chi connectivity index (χ1v) is 12.4. The Morgan fingerprint density at radius 3 is 2.53 bits per heavy atom. The summed E-state index contributed by atoms with van der Waals surface area (Å²) in [6.07, 6.45) is 5.52. The molecule has 0 saturated heterocycles. The lowest BCUT2D eigenvalue weighted by Gasteiger charge is -2.26. The van der Waals surface area contributed by atoms with Crippen molar-refractivity contribution in [3.63, 3.8) is 0 Å². The number of unbranched alkanes of at least 4 members (excludes halogenated alkanes) is 2. The smallest absolute Gasteiger partial charge is 0.305 e. The van der Waals surface area contributed by atoms with Gasteiger partial charge in [-0.05, 0) is 49.5 Å². The van der Waals surface area contributed by atoms with Crippen LogP contribution in [0.1, 0.15) is 76.7 Å². The third-order valence-corrected chi connectivity index (χ3v) is 6.60. The minimum Gasteiger partial charge on any atom is -0.481 e. The summed E-state index contributed by atoms with van der Waals surface area (Å²) in [6.45, 7) is 2.17. The molecule has 0 bridgehead atoms. The molecule has 0 spiro atoms. The van der Waals surface area contributed by atoms with Gasteiger partial charge in [-0.1, -0.05) is 55.8 Å². The molecule has 0 aromatic heterocycles. The van der Waals surface area contributed by atoms with Crippen molar-refractivity contribution in [2.45, 2.75) is 95.9 Å². The van der Waals surface area contributed by atoms with E-state index in [9.17, 15) is 23.5 Å². The minimum atomic E-state index is -3.31. The summed E-state index contributed by atoms with van der Waals surface area (Å²) in [4.78, 5) is 22.9. The van der Waals surface area contributed by atoms with Gasteiger partial charge in [0.2, 0.25) is 5.78 Å². The number of allylic oxidation sites excluding steroid dienone is 2. The Bertz CT molecular complexity index is 780. The lowest BCUT2D eigenvalue weighted by molar-refractivity contribution is -0.144. The number of carboxylic acids is 1. The summed E-state index contributed by atoms with van der Waals surface area (Å²) in [5, 5.41) is 19.4. The summed E-state index contributed by atoms with van der Waals surface area (Å²) < 4.78 is 34.5. The SMILES string of the molecule is CCCCC(F)(F)C(=O)CC[C@@H]1[C@@H](CC=CCCCC(=O)O)[C@@H](O)C[C@H]1OCc1ccccc1. The molecule has 0 aliphatic heterocycles. The Hall–Kier alpha value is -2.12. The molecule has 34 heavy (non-hydrogen) atoms. The van der Waals surface area contributed by atoms with Gasteiger partial charge in [0.05, 0.1) is 18.8 Å². The number of aliphatic carboxylic acids is 1. The fraction of sp³-hybridized carbons (Fsp3) is 0.630. The van der Waals surface area contributed by atoms with E-state index < -0.39 is 30.2 Å². The summed E-state index contributed by atoms with van der Waals surface area (Å²) in [7, 11) is 0. The maximum Gasteiger partial charge on any atom is 0.305 e. The van der Waals surface area contributed by atoms with Crippen LogP contribution in [0.4, 0.5) is 8.78 Å². The molecule has 1 aromatic carbocycles. The van der Waals surface area contributed by atoms with Crippen LogP contribution in [-0.4, -0.2) is 40.1 Å². The number of rotatable bonds is 16. The molecule has 0 unspecified atom stereocenters. The maximum absolute atomic E-state index is 14.2. The van der Waals surface area contributed by atoms with Gasteiger partial charge in [0.25, 0.3) is 0 Å². The number of benzene rings is 1. The third-order valence-electron chi connectivity index (χ3n) is 6.60. The number of aliphatic hydroxyl groups is 1. The summed E-state index contributed by atoms with van der Waals surface area (Å²) >= 11 is 0. The average Bonchev–Trinajstić information content (AvgIpc) is 3.11. The van der Waals surface area contributed by atoms with Gasteiger partial charge >= 0.3 is 11.9 Å². The first kappa shape index (κ1) is 28.1. The highest BCUT2D eigenvalue weighted by Crippen LogP contribution is 2.41. The van der Waals surface area contributed by atoms with E-state index in [1.165, 1.54) is 0 Å². The molecule has 4 atom stereocenters. The quantitative estimate of drug-likeness (QED) is 0.226.